The van der Waals surface area contributed by atoms with Crippen LogP contribution in [0.15, 0.2) is 12.2 Å². The summed E-state index contributed by atoms with van der Waals surface area (Å²) in [5, 5.41) is 17.1. The van der Waals surface area contributed by atoms with Crippen molar-refractivity contribution in [1.29, 1.82) is 0 Å². The Bertz CT molecular complexity index is 262. The summed E-state index contributed by atoms with van der Waals surface area (Å²) in [5.41, 5.74) is 0. The Morgan fingerprint density at radius 2 is 2.14 bits per heavy atom. The molecule has 1 heterocycles. The van der Waals surface area contributed by atoms with Gasteiger partial charge in [-0.2, -0.15) is 0 Å². The first-order valence-corrected chi connectivity index (χ1v) is 4.44. The van der Waals surface area contributed by atoms with Crippen LogP contribution < -0.4 is 0 Å². The highest BCUT2D eigenvalue weighted by molar-refractivity contribution is 5.94. The molecular weight excluding hydrogens is 186 g/mol. The minimum absolute atomic E-state index is 0.0758. The molecule has 0 aliphatic carbocycles. The molecule has 0 unspecified atom stereocenters. The van der Waals surface area contributed by atoms with Gasteiger partial charge in [0.15, 0.2) is 0 Å². The van der Waals surface area contributed by atoms with Crippen LogP contribution in [-0.4, -0.2) is 46.7 Å². The molecule has 0 saturated carbocycles. The lowest BCUT2D eigenvalue weighted by atomic mass is 10.1. The number of carboxylic acids is 1. The maximum Gasteiger partial charge on any atom is 0.328 e. The molecule has 1 aliphatic heterocycles. The summed E-state index contributed by atoms with van der Waals surface area (Å²) >= 11 is 0. The number of likely N-dealkylation sites (tertiary alicyclic amines) is 1. The van der Waals surface area contributed by atoms with Crippen molar-refractivity contribution >= 4 is 11.9 Å². The van der Waals surface area contributed by atoms with E-state index >= 15 is 0 Å². The Balaban J connectivity index is 2.43. The number of hydrogen-bond donors (Lipinski definition) is 2. The zero-order chi connectivity index (χ0) is 10.6. The number of carboxylic acid groups (broad SMARTS) is 1. The summed E-state index contributed by atoms with van der Waals surface area (Å²) in [6.45, 7) is 1.18. The predicted molar refractivity (Wildman–Crippen MR) is 48.5 cm³/mol. The van der Waals surface area contributed by atoms with Crippen molar-refractivity contribution in [1.82, 2.24) is 4.90 Å². The molecule has 14 heavy (non-hydrogen) atoms. The summed E-state index contributed by atoms with van der Waals surface area (Å²) in [6, 6.07) is 0. The fourth-order valence-electron chi connectivity index (χ4n) is 1.43. The number of aliphatic hydroxyl groups is 1. The third-order valence-corrected chi connectivity index (χ3v) is 2.22. The molecule has 78 valence electrons. The van der Waals surface area contributed by atoms with Crippen molar-refractivity contribution in [3.63, 3.8) is 0 Å². The van der Waals surface area contributed by atoms with Gasteiger partial charge in [0.2, 0.25) is 5.91 Å². The van der Waals surface area contributed by atoms with Crippen molar-refractivity contribution in [2.24, 2.45) is 5.92 Å². The molecule has 1 atom stereocenters. The molecule has 0 bridgehead atoms. The monoisotopic (exact) mass is 199 g/mol. The summed E-state index contributed by atoms with van der Waals surface area (Å²) in [7, 11) is 0. The normalized spacial score (nSPS) is 21.8. The van der Waals surface area contributed by atoms with E-state index in [4.69, 9.17) is 10.2 Å². The van der Waals surface area contributed by atoms with Crippen LogP contribution in [0.3, 0.4) is 0 Å². The second-order valence-corrected chi connectivity index (χ2v) is 3.29. The van der Waals surface area contributed by atoms with E-state index in [2.05, 4.69) is 0 Å². The van der Waals surface area contributed by atoms with E-state index in [1.807, 2.05) is 0 Å². The van der Waals surface area contributed by atoms with E-state index < -0.39 is 5.97 Å². The molecule has 0 spiro atoms. The van der Waals surface area contributed by atoms with Gasteiger partial charge in [-0.3, -0.25) is 4.79 Å². The molecule has 2 N–H and O–H groups in total. The maximum atomic E-state index is 11.3. The lowest BCUT2D eigenvalue weighted by molar-refractivity contribution is -0.132. The van der Waals surface area contributed by atoms with Gasteiger partial charge < -0.3 is 15.1 Å². The smallest absolute Gasteiger partial charge is 0.328 e. The number of amides is 1. The molecular formula is C9H13NO4. The van der Waals surface area contributed by atoms with E-state index in [-0.39, 0.29) is 18.4 Å². The Morgan fingerprint density at radius 1 is 1.43 bits per heavy atom. The lowest BCUT2D eigenvalue weighted by Crippen LogP contribution is -2.27. The van der Waals surface area contributed by atoms with Gasteiger partial charge in [-0.15, -0.1) is 0 Å². The Hall–Kier alpha value is -1.36. The van der Waals surface area contributed by atoms with Crippen molar-refractivity contribution in [2.45, 2.75) is 6.42 Å². The van der Waals surface area contributed by atoms with E-state index in [0.717, 1.165) is 18.6 Å². The highest BCUT2D eigenvalue weighted by atomic mass is 16.4. The van der Waals surface area contributed by atoms with E-state index in [1.54, 1.807) is 4.90 Å². The zero-order valence-corrected chi connectivity index (χ0v) is 7.72. The zero-order valence-electron chi connectivity index (χ0n) is 7.72. The standard InChI is InChI=1S/C9H13NO4/c11-6-7-3-4-10(5-7)8(12)1-2-9(13)14/h1-2,7,11H,3-6H2,(H,13,14)/b2-1+/t7-/m0/s1. The van der Waals surface area contributed by atoms with E-state index in [9.17, 15) is 9.59 Å². The molecule has 0 aromatic heterocycles. The summed E-state index contributed by atoms with van der Waals surface area (Å²) in [6.07, 6.45) is 2.65. The molecule has 0 aromatic carbocycles. The second-order valence-electron chi connectivity index (χ2n) is 3.29. The van der Waals surface area contributed by atoms with Crippen molar-refractivity contribution in [3.8, 4) is 0 Å². The Morgan fingerprint density at radius 3 is 2.64 bits per heavy atom. The second kappa shape index (κ2) is 4.76. The minimum atomic E-state index is -1.13. The summed E-state index contributed by atoms with van der Waals surface area (Å²) < 4.78 is 0. The van der Waals surface area contributed by atoms with Crippen LogP contribution in [0, 0.1) is 5.92 Å². The average Bonchev–Trinajstić information content (AvgIpc) is 2.62. The summed E-state index contributed by atoms with van der Waals surface area (Å²) in [5.74, 6) is -1.29. The molecule has 5 nitrogen and oxygen atoms in total. The minimum Gasteiger partial charge on any atom is -0.478 e. The molecule has 5 heteroatoms. The van der Waals surface area contributed by atoms with Crippen LogP contribution >= 0.6 is 0 Å². The molecule has 0 radical (unpaired) electrons. The fraction of sp³-hybridized carbons (Fsp3) is 0.556. The predicted octanol–water partition coefficient (Wildman–Crippen LogP) is -0.532. The number of hydrogen-bond acceptors (Lipinski definition) is 3. The first-order valence-electron chi connectivity index (χ1n) is 4.44. The Kier molecular flexibility index (Phi) is 3.64. The van der Waals surface area contributed by atoms with Crippen LogP contribution in [0.5, 0.6) is 0 Å². The van der Waals surface area contributed by atoms with Crippen molar-refractivity contribution < 1.29 is 19.8 Å². The third-order valence-electron chi connectivity index (χ3n) is 2.22. The van der Waals surface area contributed by atoms with Crippen molar-refractivity contribution in [3.05, 3.63) is 12.2 Å². The third kappa shape index (κ3) is 2.85. The first kappa shape index (κ1) is 10.7. The molecule has 1 amide bonds. The lowest BCUT2D eigenvalue weighted by Gasteiger charge is -2.12. The van der Waals surface area contributed by atoms with E-state index in [1.165, 1.54) is 0 Å². The number of aliphatic carboxylic acids is 1. The van der Waals surface area contributed by atoms with Gasteiger partial charge >= 0.3 is 5.97 Å². The average molecular weight is 199 g/mol. The highest BCUT2D eigenvalue weighted by Crippen LogP contribution is 2.15. The fourth-order valence-corrected chi connectivity index (χ4v) is 1.43. The van der Waals surface area contributed by atoms with Gasteiger partial charge in [0.25, 0.3) is 0 Å². The maximum absolute atomic E-state index is 11.3. The van der Waals surface area contributed by atoms with Gasteiger partial charge in [-0.05, 0) is 6.42 Å². The van der Waals surface area contributed by atoms with E-state index in [0.29, 0.717) is 13.1 Å². The van der Waals surface area contributed by atoms with Crippen LogP contribution in [0.1, 0.15) is 6.42 Å². The van der Waals surface area contributed by atoms with Crippen LogP contribution in [0.2, 0.25) is 0 Å². The van der Waals surface area contributed by atoms with Crippen LogP contribution in [0.25, 0.3) is 0 Å². The van der Waals surface area contributed by atoms with Gasteiger partial charge in [0.05, 0.1) is 0 Å². The number of carbonyl (C=O) groups excluding carboxylic acids is 1. The van der Waals surface area contributed by atoms with Crippen molar-refractivity contribution in [2.75, 3.05) is 19.7 Å². The highest BCUT2D eigenvalue weighted by Gasteiger charge is 2.24. The van der Waals surface area contributed by atoms with Gasteiger partial charge in [-0.1, -0.05) is 0 Å². The van der Waals surface area contributed by atoms with Crippen LogP contribution in [0.4, 0.5) is 0 Å². The molecule has 0 aromatic rings. The number of rotatable bonds is 3. The quantitative estimate of drug-likeness (QED) is 0.599. The molecule has 1 rings (SSSR count). The molecule has 1 saturated heterocycles. The SMILES string of the molecule is O=C(O)/C=C/C(=O)N1CC[C@H](CO)C1. The largest absolute Gasteiger partial charge is 0.478 e. The van der Waals surface area contributed by atoms with Gasteiger partial charge in [0, 0.05) is 37.8 Å². The number of carbonyl (C=O) groups is 2. The van der Waals surface area contributed by atoms with Gasteiger partial charge in [-0.25, -0.2) is 4.79 Å². The number of nitrogens with zero attached hydrogens (tertiary/aromatic N) is 1. The first-order chi connectivity index (χ1) is 6.63. The van der Waals surface area contributed by atoms with Crippen LogP contribution in [-0.2, 0) is 9.59 Å². The number of aliphatic hydroxyl groups excluding tert-OH is 1. The topological polar surface area (TPSA) is 77.8 Å². The molecule has 1 fully saturated rings. The molecule has 1 aliphatic rings. The summed E-state index contributed by atoms with van der Waals surface area (Å²) in [4.78, 5) is 23.0. The Labute approximate surface area is 81.6 Å². The van der Waals surface area contributed by atoms with Gasteiger partial charge in [0.1, 0.15) is 0 Å².